The second-order valence-corrected chi connectivity index (χ2v) is 7.89. The third-order valence-electron chi connectivity index (χ3n) is 6.26. The van der Waals surface area contributed by atoms with Crippen LogP contribution in [0.1, 0.15) is 50.3 Å². The number of likely N-dealkylation sites (tertiary alicyclic amines) is 1. The standard InChI is InChI=1S/C23H27N3.2CH4/c1-2-6-20-16-26(14-9-18(20)5-1)17-25-12-10-19(11-13-25)22-15-24-23-8-4-3-7-21(22)23;;/h1-8,15,19,24H,9-14,16-17H2;2*1H4. The van der Waals surface area contributed by atoms with Gasteiger partial charge in [0.15, 0.2) is 0 Å². The first kappa shape index (κ1) is 20.6. The summed E-state index contributed by atoms with van der Waals surface area (Å²) in [5, 5.41) is 1.42. The number of hydrogen-bond acceptors (Lipinski definition) is 2. The van der Waals surface area contributed by atoms with Crippen molar-refractivity contribution in [3.63, 3.8) is 0 Å². The molecule has 1 saturated heterocycles. The van der Waals surface area contributed by atoms with Crippen molar-refractivity contribution >= 4 is 10.9 Å². The molecule has 2 aliphatic rings. The highest BCUT2D eigenvalue weighted by molar-refractivity contribution is 5.83. The van der Waals surface area contributed by atoms with Crippen LogP contribution in [0.4, 0.5) is 0 Å². The molecule has 0 radical (unpaired) electrons. The number of fused-ring (bicyclic) bond motifs is 2. The van der Waals surface area contributed by atoms with E-state index in [-0.39, 0.29) is 14.9 Å². The van der Waals surface area contributed by atoms with Crippen LogP contribution in [-0.2, 0) is 13.0 Å². The topological polar surface area (TPSA) is 22.3 Å². The quantitative estimate of drug-likeness (QED) is 0.638. The van der Waals surface area contributed by atoms with Crippen LogP contribution in [0, 0.1) is 0 Å². The first-order valence-electron chi connectivity index (χ1n) is 9.94. The number of piperidine rings is 1. The average Bonchev–Trinajstić information content (AvgIpc) is 3.13. The zero-order valence-corrected chi connectivity index (χ0v) is 15.3. The molecular weight excluding hydrogens is 342 g/mol. The minimum atomic E-state index is 0. The normalized spacial score (nSPS) is 18.3. The lowest BCUT2D eigenvalue weighted by molar-refractivity contribution is 0.0979. The molecule has 2 aliphatic heterocycles. The summed E-state index contributed by atoms with van der Waals surface area (Å²) in [6, 6.07) is 17.6. The van der Waals surface area contributed by atoms with E-state index in [4.69, 9.17) is 0 Å². The maximum Gasteiger partial charge on any atom is 0.0509 e. The van der Waals surface area contributed by atoms with Crippen LogP contribution >= 0.6 is 0 Å². The molecule has 0 spiro atoms. The third-order valence-corrected chi connectivity index (χ3v) is 6.26. The first-order chi connectivity index (χ1) is 12.9. The van der Waals surface area contributed by atoms with Gasteiger partial charge in [-0.3, -0.25) is 9.80 Å². The van der Waals surface area contributed by atoms with Crippen molar-refractivity contribution in [1.82, 2.24) is 14.8 Å². The zero-order chi connectivity index (χ0) is 17.3. The summed E-state index contributed by atoms with van der Waals surface area (Å²) < 4.78 is 0. The highest BCUT2D eigenvalue weighted by atomic mass is 15.3. The van der Waals surface area contributed by atoms with Crippen molar-refractivity contribution in [3.05, 3.63) is 71.4 Å². The summed E-state index contributed by atoms with van der Waals surface area (Å²) in [6.45, 7) is 5.84. The fraction of sp³-hybridized carbons (Fsp3) is 0.440. The van der Waals surface area contributed by atoms with Gasteiger partial charge < -0.3 is 4.98 Å². The molecule has 28 heavy (non-hydrogen) atoms. The van der Waals surface area contributed by atoms with E-state index < -0.39 is 0 Å². The molecule has 1 fully saturated rings. The lowest BCUT2D eigenvalue weighted by Crippen LogP contribution is -2.43. The van der Waals surface area contributed by atoms with Gasteiger partial charge in [-0.1, -0.05) is 57.3 Å². The molecule has 150 valence electrons. The predicted molar refractivity (Wildman–Crippen MR) is 121 cm³/mol. The van der Waals surface area contributed by atoms with E-state index in [1.807, 2.05) is 0 Å². The van der Waals surface area contributed by atoms with Crippen LogP contribution in [0.25, 0.3) is 10.9 Å². The van der Waals surface area contributed by atoms with Crippen LogP contribution in [0.2, 0.25) is 0 Å². The molecular formula is C25H35N3. The van der Waals surface area contributed by atoms with Crippen molar-refractivity contribution in [3.8, 4) is 0 Å². The first-order valence-corrected chi connectivity index (χ1v) is 9.94. The van der Waals surface area contributed by atoms with Gasteiger partial charge in [-0.15, -0.1) is 0 Å². The Bertz CT molecular complexity index is 889. The van der Waals surface area contributed by atoms with E-state index in [9.17, 15) is 0 Å². The van der Waals surface area contributed by atoms with E-state index in [0.29, 0.717) is 5.92 Å². The van der Waals surface area contributed by atoms with Gasteiger partial charge >= 0.3 is 0 Å². The smallest absolute Gasteiger partial charge is 0.0509 e. The molecule has 0 saturated carbocycles. The van der Waals surface area contributed by atoms with Gasteiger partial charge in [0.25, 0.3) is 0 Å². The second kappa shape index (κ2) is 8.93. The number of para-hydroxylation sites is 1. The summed E-state index contributed by atoms with van der Waals surface area (Å²) in [6.07, 6.45) is 5.98. The third kappa shape index (κ3) is 4.01. The number of nitrogens with zero attached hydrogens (tertiary/aromatic N) is 2. The second-order valence-electron chi connectivity index (χ2n) is 7.89. The van der Waals surface area contributed by atoms with Crippen LogP contribution in [-0.4, -0.2) is 41.1 Å². The van der Waals surface area contributed by atoms with Crippen molar-refractivity contribution in [2.75, 3.05) is 26.3 Å². The number of rotatable bonds is 3. The predicted octanol–water partition coefficient (Wildman–Crippen LogP) is 5.64. The highest BCUT2D eigenvalue weighted by Gasteiger charge is 2.25. The molecule has 1 N–H and O–H groups in total. The summed E-state index contributed by atoms with van der Waals surface area (Å²) in [4.78, 5) is 8.72. The van der Waals surface area contributed by atoms with Gasteiger partial charge in [0.2, 0.25) is 0 Å². The molecule has 0 bridgehead atoms. The fourth-order valence-corrected chi connectivity index (χ4v) is 4.77. The van der Waals surface area contributed by atoms with Gasteiger partial charge in [0.1, 0.15) is 0 Å². The van der Waals surface area contributed by atoms with Gasteiger partial charge in [-0.2, -0.15) is 0 Å². The Morgan fingerprint density at radius 1 is 0.821 bits per heavy atom. The summed E-state index contributed by atoms with van der Waals surface area (Å²) in [5.74, 6) is 0.699. The SMILES string of the molecule is C.C.c1ccc2c(c1)CCN(CN1CCC(c3c[nH]c4ccccc34)CC1)C2. The lowest BCUT2D eigenvalue weighted by Gasteiger charge is -2.37. The fourth-order valence-electron chi connectivity index (χ4n) is 4.77. The molecule has 0 amide bonds. The number of H-pyrrole nitrogens is 1. The molecule has 0 unspecified atom stereocenters. The van der Waals surface area contributed by atoms with E-state index >= 15 is 0 Å². The minimum Gasteiger partial charge on any atom is -0.361 e. The Labute approximate surface area is 170 Å². The Kier molecular flexibility index (Phi) is 6.58. The maximum atomic E-state index is 3.45. The molecule has 3 aromatic rings. The maximum absolute atomic E-state index is 3.45. The highest BCUT2D eigenvalue weighted by Crippen LogP contribution is 2.33. The van der Waals surface area contributed by atoms with Crippen LogP contribution in [0.5, 0.6) is 0 Å². The number of benzene rings is 2. The zero-order valence-electron chi connectivity index (χ0n) is 15.3. The van der Waals surface area contributed by atoms with Gasteiger partial charge in [0, 0.05) is 30.2 Å². The minimum absolute atomic E-state index is 0. The molecule has 0 aliphatic carbocycles. The summed E-state index contributed by atoms with van der Waals surface area (Å²) in [5.41, 5.74) is 5.86. The molecule has 3 nitrogen and oxygen atoms in total. The van der Waals surface area contributed by atoms with Crippen LogP contribution in [0.15, 0.2) is 54.7 Å². The number of aromatic nitrogens is 1. The van der Waals surface area contributed by atoms with Crippen LogP contribution < -0.4 is 0 Å². The van der Waals surface area contributed by atoms with Crippen molar-refractivity contribution in [2.45, 2.75) is 46.6 Å². The Morgan fingerprint density at radius 2 is 1.54 bits per heavy atom. The average molecular weight is 378 g/mol. The number of aromatic amines is 1. The van der Waals surface area contributed by atoms with Crippen LogP contribution in [0.3, 0.4) is 0 Å². The van der Waals surface area contributed by atoms with E-state index in [0.717, 1.165) is 13.2 Å². The molecule has 5 rings (SSSR count). The summed E-state index contributed by atoms with van der Waals surface area (Å²) in [7, 11) is 0. The van der Waals surface area contributed by atoms with Crippen molar-refractivity contribution in [1.29, 1.82) is 0 Å². The monoisotopic (exact) mass is 377 g/mol. The number of nitrogens with one attached hydrogen (secondary N) is 1. The van der Waals surface area contributed by atoms with E-state index in [2.05, 4.69) is 69.5 Å². The van der Waals surface area contributed by atoms with Gasteiger partial charge in [-0.25, -0.2) is 0 Å². The Hall–Kier alpha value is -2.10. The number of hydrogen-bond donors (Lipinski definition) is 1. The lowest BCUT2D eigenvalue weighted by atomic mass is 9.89. The molecule has 3 heterocycles. The molecule has 1 aromatic heterocycles. The van der Waals surface area contributed by atoms with E-state index in [1.54, 1.807) is 5.56 Å². The largest absolute Gasteiger partial charge is 0.361 e. The van der Waals surface area contributed by atoms with Crippen molar-refractivity contribution < 1.29 is 0 Å². The molecule has 0 atom stereocenters. The Morgan fingerprint density at radius 3 is 2.36 bits per heavy atom. The Balaban J connectivity index is 0.00000112. The molecule has 3 heteroatoms. The molecule has 2 aromatic carbocycles. The summed E-state index contributed by atoms with van der Waals surface area (Å²) >= 11 is 0. The van der Waals surface area contributed by atoms with Crippen molar-refractivity contribution in [2.24, 2.45) is 0 Å². The van der Waals surface area contributed by atoms with E-state index in [1.165, 1.54) is 60.9 Å². The van der Waals surface area contributed by atoms with Gasteiger partial charge in [-0.05, 0) is 61.0 Å². The van der Waals surface area contributed by atoms with Gasteiger partial charge in [0.05, 0.1) is 6.67 Å².